The van der Waals surface area contributed by atoms with E-state index in [1.165, 1.54) is 0 Å². The molecule has 0 heterocycles. The van der Waals surface area contributed by atoms with E-state index in [9.17, 15) is 4.79 Å². The van der Waals surface area contributed by atoms with Crippen molar-refractivity contribution in [2.75, 3.05) is 20.3 Å². The normalized spacial score (nSPS) is 30.2. The van der Waals surface area contributed by atoms with Crippen LogP contribution in [-0.2, 0) is 14.3 Å². The van der Waals surface area contributed by atoms with Crippen LogP contribution in [0.1, 0.15) is 32.1 Å². The molecule has 1 saturated carbocycles. The fraction of sp³-hybridized carbons (Fsp3) is 0.909. The van der Waals surface area contributed by atoms with Crippen LogP contribution in [0.25, 0.3) is 0 Å². The molecular formula is C11H21NO4. The number of rotatable bonds is 6. The highest BCUT2D eigenvalue weighted by Gasteiger charge is 2.39. The highest BCUT2D eigenvalue weighted by atomic mass is 16.5. The third-order valence-corrected chi connectivity index (χ3v) is 3.01. The lowest BCUT2D eigenvalue weighted by atomic mass is 9.81. The highest BCUT2D eigenvalue weighted by molar-refractivity contribution is 5.78. The monoisotopic (exact) mass is 231 g/mol. The van der Waals surface area contributed by atoms with Crippen LogP contribution in [0, 0.1) is 0 Å². The van der Waals surface area contributed by atoms with E-state index in [2.05, 4.69) is 0 Å². The standard InChI is InChI=1S/C11H21NO4/c1-15-6-3-7-16-9-4-2-5-11(12,8-9)10(13)14/h9H,2-8,12H2,1H3,(H,13,14). The molecular weight excluding hydrogens is 210 g/mol. The number of methoxy groups -OCH3 is 1. The zero-order valence-corrected chi connectivity index (χ0v) is 9.78. The second-order valence-corrected chi connectivity index (χ2v) is 4.40. The van der Waals surface area contributed by atoms with E-state index in [1.807, 2.05) is 0 Å². The predicted octanol–water partition coefficient (Wildman–Crippen LogP) is 0.764. The SMILES string of the molecule is COCCCOC1CCCC(N)(C(=O)O)C1. The number of aliphatic carboxylic acids is 1. The topological polar surface area (TPSA) is 81.8 Å². The Morgan fingerprint density at radius 3 is 2.94 bits per heavy atom. The fourth-order valence-corrected chi connectivity index (χ4v) is 2.05. The Morgan fingerprint density at radius 1 is 1.56 bits per heavy atom. The van der Waals surface area contributed by atoms with E-state index < -0.39 is 11.5 Å². The van der Waals surface area contributed by atoms with Crippen LogP contribution >= 0.6 is 0 Å². The van der Waals surface area contributed by atoms with Gasteiger partial charge in [0, 0.05) is 26.7 Å². The number of nitrogens with two attached hydrogens (primary N) is 1. The summed E-state index contributed by atoms with van der Waals surface area (Å²) in [5.41, 5.74) is 4.73. The highest BCUT2D eigenvalue weighted by Crippen LogP contribution is 2.28. The Labute approximate surface area is 95.9 Å². The van der Waals surface area contributed by atoms with Gasteiger partial charge in [0.25, 0.3) is 0 Å². The molecule has 0 spiro atoms. The first-order valence-corrected chi connectivity index (χ1v) is 5.71. The molecule has 0 aromatic rings. The van der Waals surface area contributed by atoms with Gasteiger partial charge in [-0.15, -0.1) is 0 Å². The van der Waals surface area contributed by atoms with E-state index in [-0.39, 0.29) is 6.10 Å². The van der Waals surface area contributed by atoms with Crippen LogP contribution in [0.2, 0.25) is 0 Å². The number of hydrogen-bond acceptors (Lipinski definition) is 4. The lowest BCUT2D eigenvalue weighted by molar-refractivity contribution is -0.147. The molecule has 1 rings (SSSR count). The molecule has 5 nitrogen and oxygen atoms in total. The van der Waals surface area contributed by atoms with Crippen LogP contribution < -0.4 is 5.73 Å². The number of carbonyl (C=O) groups is 1. The van der Waals surface area contributed by atoms with Gasteiger partial charge in [0.15, 0.2) is 0 Å². The van der Waals surface area contributed by atoms with Gasteiger partial charge in [-0.2, -0.15) is 0 Å². The fourth-order valence-electron chi connectivity index (χ4n) is 2.05. The molecule has 16 heavy (non-hydrogen) atoms. The summed E-state index contributed by atoms with van der Waals surface area (Å²) in [6.07, 6.45) is 3.48. The van der Waals surface area contributed by atoms with Crippen molar-refractivity contribution < 1.29 is 19.4 Å². The van der Waals surface area contributed by atoms with Crippen molar-refractivity contribution in [3.8, 4) is 0 Å². The Balaban J connectivity index is 2.30. The Hall–Kier alpha value is -0.650. The molecule has 0 bridgehead atoms. The summed E-state index contributed by atoms with van der Waals surface area (Å²) in [4.78, 5) is 11.0. The van der Waals surface area contributed by atoms with E-state index in [4.69, 9.17) is 20.3 Å². The lowest BCUT2D eigenvalue weighted by Crippen LogP contribution is -2.52. The summed E-state index contributed by atoms with van der Waals surface area (Å²) < 4.78 is 10.5. The largest absolute Gasteiger partial charge is 0.480 e. The maximum Gasteiger partial charge on any atom is 0.323 e. The van der Waals surface area contributed by atoms with E-state index in [1.54, 1.807) is 7.11 Å². The van der Waals surface area contributed by atoms with E-state index in [0.29, 0.717) is 26.1 Å². The first kappa shape index (κ1) is 13.4. The van der Waals surface area contributed by atoms with Gasteiger partial charge in [-0.3, -0.25) is 4.79 Å². The molecule has 1 fully saturated rings. The van der Waals surface area contributed by atoms with Crippen LogP contribution in [0.4, 0.5) is 0 Å². The quantitative estimate of drug-likeness (QED) is 0.660. The van der Waals surface area contributed by atoms with Gasteiger partial charge in [0.1, 0.15) is 5.54 Å². The van der Waals surface area contributed by atoms with Crippen LogP contribution in [0.15, 0.2) is 0 Å². The first-order valence-electron chi connectivity index (χ1n) is 5.71. The molecule has 1 aliphatic carbocycles. The van der Waals surface area contributed by atoms with Crippen LogP contribution in [0.5, 0.6) is 0 Å². The first-order chi connectivity index (χ1) is 7.58. The molecule has 1 aliphatic rings. The van der Waals surface area contributed by atoms with Gasteiger partial charge in [-0.1, -0.05) is 0 Å². The zero-order chi connectivity index (χ0) is 12.0. The number of hydrogen-bond donors (Lipinski definition) is 2. The second kappa shape index (κ2) is 6.18. The number of carboxylic acids is 1. The third kappa shape index (κ3) is 3.73. The average molecular weight is 231 g/mol. The molecule has 0 aromatic carbocycles. The minimum atomic E-state index is -1.09. The van der Waals surface area contributed by atoms with Crippen molar-refractivity contribution in [1.82, 2.24) is 0 Å². The van der Waals surface area contributed by atoms with E-state index in [0.717, 1.165) is 19.3 Å². The smallest absolute Gasteiger partial charge is 0.323 e. The molecule has 0 radical (unpaired) electrons. The summed E-state index contributed by atoms with van der Waals surface area (Å²) in [5.74, 6) is -0.919. The minimum Gasteiger partial charge on any atom is -0.480 e. The van der Waals surface area contributed by atoms with Gasteiger partial charge < -0.3 is 20.3 Å². The van der Waals surface area contributed by atoms with Crippen molar-refractivity contribution in [2.45, 2.75) is 43.7 Å². The van der Waals surface area contributed by atoms with Crippen LogP contribution in [0.3, 0.4) is 0 Å². The van der Waals surface area contributed by atoms with Crippen molar-refractivity contribution in [1.29, 1.82) is 0 Å². The minimum absolute atomic E-state index is 0.0216. The Kier molecular flexibility index (Phi) is 5.18. The van der Waals surface area contributed by atoms with Crippen molar-refractivity contribution in [3.05, 3.63) is 0 Å². The molecule has 2 atom stereocenters. The molecule has 5 heteroatoms. The Morgan fingerprint density at radius 2 is 2.31 bits per heavy atom. The Bertz CT molecular complexity index is 234. The maximum absolute atomic E-state index is 11.0. The zero-order valence-electron chi connectivity index (χ0n) is 9.78. The second-order valence-electron chi connectivity index (χ2n) is 4.40. The lowest BCUT2D eigenvalue weighted by Gasteiger charge is -2.34. The maximum atomic E-state index is 11.0. The van der Waals surface area contributed by atoms with Gasteiger partial charge in [-0.05, 0) is 25.7 Å². The molecule has 0 aromatic heterocycles. The summed E-state index contributed by atoms with van der Waals surface area (Å²) >= 11 is 0. The molecule has 94 valence electrons. The van der Waals surface area contributed by atoms with Crippen LogP contribution in [-0.4, -0.2) is 43.0 Å². The van der Waals surface area contributed by atoms with Gasteiger partial charge in [0.05, 0.1) is 6.10 Å². The third-order valence-electron chi connectivity index (χ3n) is 3.01. The summed E-state index contributed by atoms with van der Waals surface area (Å²) in [5, 5.41) is 9.02. The predicted molar refractivity (Wildman–Crippen MR) is 59.3 cm³/mol. The van der Waals surface area contributed by atoms with Crippen molar-refractivity contribution >= 4 is 5.97 Å². The molecule has 2 unspecified atom stereocenters. The molecule has 0 aliphatic heterocycles. The summed E-state index contributed by atoms with van der Waals surface area (Å²) in [6.45, 7) is 1.27. The number of ether oxygens (including phenoxy) is 2. The van der Waals surface area contributed by atoms with Crippen molar-refractivity contribution in [3.63, 3.8) is 0 Å². The molecule has 3 N–H and O–H groups in total. The summed E-state index contributed by atoms with van der Waals surface area (Å²) in [6, 6.07) is 0. The van der Waals surface area contributed by atoms with E-state index >= 15 is 0 Å². The summed E-state index contributed by atoms with van der Waals surface area (Å²) in [7, 11) is 1.65. The van der Waals surface area contributed by atoms with Gasteiger partial charge in [0.2, 0.25) is 0 Å². The number of carboxylic acid groups (broad SMARTS) is 1. The molecule has 0 saturated heterocycles. The van der Waals surface area contributed by atoms with Crippen molar-refractivity contribution in [2.24, 2.45) is 5.73 Å². The van der Waals surface area contributed by atoms with Gasteiger partial charge >= 0.3 is 5.97 Å². The molecule has 0 amide bonds. The van der Waals surface area contributed by atoms with Gasteiger partial charge in [-0.25, -0.2) is 0 Å². The average Bonchev–Trinajstić information content (AvgIpc) is 2.24.